The molecule has 0 spiro atoms. The molecule has 0 unspecified atom stereocenters. The molecule has 24 heavy (non-hydrogen) atoms. The Kier molecular flexibility index (Phi) is 4.27. The van der Waals surface area contributed by atoms with Gasteiger partial charge in [0.25, 0.3) is 5.91 Å². The van der Waals surface area contributed by atoms with Gasteiger partial charge in [-0.3, -0.25) is 14.5 Å². The molecule has 3 rings (SSSR count). The monoisotopic (exact) mass is 340 g/mol. The van der Waals surface area contributed by atoms with Gasteiger partial charge in [-0.15, -0.1) is 0 Å². The Morgan fingerprint density at radius 2 is 2.21 bits per heavy atom. The summed E-state index contributed by atoms with van der Waals surface area (Å²) in [7, 11) is 1.75. The Hall–Kier alpha value is -2.42. The molecule has 0 N–H and O–H groups in total. The highest BCUT2D eigenvalue weighted by Crippen LogP contribution is 2.31. The Balaban J connectivity index is 1.83. The molecule has 0 aliphatic carbocycles. The van der Waals surface area contributed by atoms with Crippen molar-refractivity contribution in [1.82, 2.24) is 19.7 Å². The first-order chi connectivity index (χ1) is 11.4. The highest BCUT2D eigenvalue weighted by Gasteiger charge is 2.38. The molecule has 2 aromatic rings. The van der Waals surface area contributed by atoms with Gasteiger partial charge in [0.15, 0.2) is 5.69 Å². The summed E-state index contributed by atoms with van der Waals surface area (Å²) in [5.74, 6) is -0.701. The fraction of sp³-hybridized carbons (Fsp3) is 0.400. The van der Waals surface area contributed by atoms with E-state index in [0.717, 1.165) is 17.8 Å². The molecule has 1 amide bonds. The molecule has 1 atom stereocenters. The number of aryl methyl sites for hydroxylation is 1. The van der Waals surface area contributed by atoms with Gasteiger partial charge in [-0.1, -0.05) is 0 Å². The van der Waals surface area contributed by atoms with Crippen LogP contribution in [0.15, 0.2) is 30.7 Å². The minimum Gasteiger partial charge on any atom is -0.370 e. The summed E-state index contributed by atoms with van der Waals surface area (Å²) in [6, 6.07) is 2.47. The predicted molar refractivity (Wildman–Crippen MR) is 77.0 cm³/mol. The van der Waals surface area contributed by atoms with Crippen molar-refractivity contribution < 1.29 is 22.7 Å². The van der Waals surface area contributed by atoms with Gasteiger partial charge < -0.3 is 9.64 Å². The van der Waals surface area contributed by atoms with Gasteiger partial charge in [0.05, 0.1) is 24.9 Å². The standard InChI is InChI=1S/C15H15F3N4O2/c1-21-8-10(7-20-21)12-9-22(5-6-24-12)14(23)11-3-2-4-19-13(11)15(16,17)18/h2-4,7-8,12H,5-6,9H2,1H3/t12-/m0/s1. The molecule has 1 aliphatic rings. The van der Waals surface area contributed by atoms with Crippen LogP contribution in [0.2, 0.25) is 0 Å². The number of rotatable bonds is 2. The summed E-state index contributed by atoms with van der Waals surface area (Å²) in [4.78, 5) is 17.2. The number of alkyl halides is 3. The lowest BCUT2D eigenvalue weighted by atomic mass is 10.1. The fourth-order valence-electron chi connectivity index (χ4n) is 2.62. The van der Waals surface area contributed by atoms with E-state index in [9.17, 15) is 18.0 Å². The molecule has 0 saturated carbocycles. The minimum atomic E-state index is -4.68. The summed E-state index contributed by atoms with van der Waals surface area (Å²) < 4.78 is 46.4. The van der Waals surface area contributed by atoms with Crippen LogP contribution in [0.5, 0.6) is 0 Å². The van der Waals surface area contributed by atoms with Crippen LogP contribution >= 0.6 is 0 Å². The van der Waals surface area contributed by atoms with Gasteiger partial charge in [-0.25, -0.2) is 0 Å². The van der Waals surface area contributed by atoms with Crippen LogP contribution < -0.4 is 0 Å². The van der Waals surface area contributed by atoms with Crippen molar-refractivity contribution in [1.29, 1.82) is 0 Å². The first kappa shape index (κ1) is 16.4. The van der Waals surface area contributed by atoms with Gasteiger partial charge in [0.2, 0.25) is 0 Å². The molecule has 1 fully saturated rings. The maximum atomic E-state index is 13.1. The van der Waals surface area contributed by atoms with Crippen molar-refractivity contribution >= 4 is 5.91 Å². The lowest BCUT2D eigenvalue weighted by molar-refractivity contribution is -0.141. The van der Waals surface area contributed by atoms with Crippen molar-refractivity contribution in [3.05, 3.63) is 47.5 Å². The third kappa shape index (κ3) is 3.25. The van der Waals surface area contributed by atoms with Crippen LogP contribution in [0, 0.1) is 0 Å². The van der Waals surface area contributed by atoms with Crippen molar-refractivity contribution in [2.45, 2.75) is 12.3 Å². The van der Waals surface area contributed by atoms with Crippen LogP contribution in [0.25, 0.3) is 0 Å². The van der Waals surface area contributed by atoms with E-state index >= 15 is 0 Å². The largest absolute Gasteiger partial charge is 0.434 e. The third-order valence-electron chi connectivity index (χ3n) is 3.76. The zero-order valence-electron chi connectivity index (χ0n) is 12.8. The fourth-order valence-corrected chi connectivity index (χ4v) is 2.62. The van der Waals surface area contributed by atoms with Gasteiger partial charge in [0, 0.05) is 31.5 Å². The molecular formula is C15H15F3N4O2. The molecule has 0 bridgehead atoms. The van der Waals surface area contributed by atoms with E-state index in [2.05, 4.69) is 10.1 Å². The average molecular weight is 340 g/mol. The number of amides is 1. The Bertz CT molecular complexity index is 744. The van der Waals surface area contributed by atoms with Crippen molar-refractivity contribution in [2.24, 2.45) is 7.05 Å². The highest BCUT2D eigenvalue weighted by molar-refractivity contribution is 5.95. The Labute approximate surface area is 135 Å². The lowest BCUT2D eigenvalue weighted by Gasteiger charge is -2.33. The second-order valence-corrected chi connectivity index (χ2v) is 5.46. The van der Waals surface area contributed by atoms with Gasteiger partial charge >= 0.3 is 6.18 Å². The number of ether oxygens (including phenoxy) is 1. The maximum Gasteiger partial charge on any atom is 0.434 e. The number of pyridine rings is 1. The van der Waals surface area contributed by atoms with Crippen LogP contribution in [-0.4, -0.2) is 45.3 Å². The molecule has 1 saturated heterocycles. The van der Waals surface area contributed by atoms with Crippen LogP contribution in [-0.2, 0) is 18.0 Å². The highest BCUT2D eigenvalue weighted by atomic mass is 19.4. The van der Waals surface area contributed by atoms with E-state index in [1.54, 1.807) is 24.1 Å². The van der Waals surface area contributed by atoms with E-state index in [-0.39, 0.29) is 19.7 Å². The van der Waals surface area contributed by atoms with E-state index < -0.39 is 29.4 Å². The first-order valence-electron chi connectivity index (χ1n) is 7.28. The molecule has 128 valence electrons. The summed E-state index contributed by atoms with van der Waals surface area (Å²) >= 11 is 0. The Morgan fingerprint density at radius 3 is 2.88 bits per heavy atom. The number of carbonyl (C=O) groups excluding carboxylic acids is 1. The average Bonchev–Trinajstić information content (AvgIpc) is 3.00. The molecule has 0 radical (unpaired) electrons. The lowest BCUT2D eigenvalue weighted by Crippen LogP contribution is -2.42. The van der Waals surface area contributed by atoms with Gasteiger partial charge in [-0.05, 0) is 12.1 Å². The number of morpholine rings is 1. The number of hydrogen-bond acceptors (Lipinski definition) is 4. The zero-order valence-corrected chi connectivity index (χ0v) is 12.8. The molecule has 3 heterocycles. The number of hydrogen-bond donors (Lipinski definition) is 0. The van der Waals surface area contributed by atoms with Crippen molar-refractivity contribution in [3.8, 4) is 0 Å². The molecule has 0 aromatic carbocycles. The number of carbonyl (C=O) groups is 1. The van der Waals surface area contributed by atoms with Crippen LogP contribution in [0.1, 0.15) is 27.7 Å². The normalized spacial score (nSPS) is 18.7. The summed E-state index contributed by atoms with van der Waals surface area (Å²) in [5.41, 5.74) is -0.839. The minimum absolute atomic E-state index is 0.163. The molecule has 6 nitrogen and oxygen atoms in total. The maximum absolute atomic E-state index is 13.1. The topological polar surface area (TPSA) is 60.2 Å². The third-order valence-corrected chi connectivity index (χ3v) is 3.76. The van der Waals surface area contributed by atoms with Crippen LogP contribution in [0.3, 0.4) is 0 Å². The smallest absolute Gasteiger partial charge is 0.370 e. The van der Waals surface area contributed by atoms with Crippen molar-refractivity contribution in [2.75, 3.05) is 19.7 Å². The number of aromatic nitrogens is 3. The second kappa shape index (κ2) is 6.23. The quantitative estimate of drug-likeness (QED) is 0.839. The SMILES string of the molecule is Cn1cc([C@@H]2CN(C(=O)c3cccnc3C(F)(F)F)CCO2)cn1. The zero-order chi connectivity index (χ0) is 17.3. The molecule has 9 heteroatoms. The molecular weight excluding hydrogens is 325 g/mol. The van der Waals surface area contributed by atoms with Gasteiger partial charge in [-0.2, -0.15) is 18.3 Å². The van der Waals surface area contributed by atoms with E-state index in [1.807, 2.05) is 0 Å². The van der Waals surface area contributed by atoms with E-state index in [4.69, 9.17) is 4.74 Å². The molecule has 1 aliphatic heterocycles. The van der Waals surface area contributed by atoms with Crippen molar-refractivity contribution in [3.63, 3.8) is 0 Å². The van der Waals surface area contributed by atoms with Gasteiger partial charge in [0.1, 0.15) is 6.10 Å². The van der Waals surface area contributed by atoms with E-state index in [1.165, 1.54) is 11.0 Å². The summed E-state index contributed by atoms with van der Waals surface area (Å²) in [5, 5.41) is 4.04. The summed E-state index contributed by atoms with van der Waals surface area (Å²) in [6.45, 7) is 0.630. The number of halogens is 3. The molecule has 2 aromatic heterocycles. The number of nitrogens with zero attached hydrogens (tertiary/aromatic N) is 4. The van der Waals surface area contributed by atoms with Crippen LogP contribution in [0.4, 0.5) is 13.2 Å². The van der Waals surface area contributed by atoms with E-state index in [0.29, 0.717) is 0 Å². The predicted octanol–water partition coefficient (Wildman–Crippen LogP) is 2.05. The summed E-state index contributed by atoms with van der Waals surface area (Å²) in [6.07, 6.45) is -0.700. The first-order valence-corrected chi connectivity index (χ1v) is 7.28. The second-order valence-electron chi connectivity index (χ2n) is 5.46. The Morgan fingerprint density at radius 1 is 1.42 bits per heavy atom.